The average Bonchev–Trinajstić information content (AvgIpc) is 3.02. The lowest BCUT2D eigenvalue weighted by atomic mass is 10.1. The minimum atomic E-state index is -4.71. The van der Waals surface area contributed by atoms with Crippen LogP contribution in [0.25, 0.3) is 0 Å². The summed E-state index contributed by atoms with van der Waals surface area (Å²) in [4.78, 5) is 18.1. The second-order valence-corrected chi connectivity index (χ2v) is 7.98. The van der Waals surface area contributed by atoms with Crippen LogP contribution >= 0.6 is 0 Å². The SMILES string of the molecule is O=C1CC(N2CCN(c3ccc(OC(F)(F)F)cc3)CC2)C(O)N1c1ccc([ClH+])cc1. The predicted octanol–water partition coefficient (Wildman–Crippen LogP) is 2.53. The Labute approximate surface area is 182 Å². The number of anilines is 2. The minimum Gasteiger partial charge on any atom is -0.406 e. The van der Waals surface area contributed by atoms with Gasteiger partial charge in [-0.05, 0) is 36.4 Å². The first-order valence-electron chi connectivity index (χ1n) is 9.83. The van der Waals surface area contributed by atoms with E-state index in [2.05, 4.69) is 14.5 Å². The highest BCUT2D eigenvalue weighted by atomic mass is 35.5. The molecule has 1 amide bonds. The maximum absolute atomic E-state index is 12.6. The molecule has 0 spiro atoms. The Kier molecular flexibility index (Phi) is 6.00. The van der Waals surface area contributed by atoms with Crippen LogP contribution in [0.1, 0.15) is 6.42 Å². The van der Waals surface area contributed by atoms with Crippen LogP contribution in [-0.2, 0) is 4.79 Å². The Balaban J connectivity index is 1.36. The lowest BCUT2D eigenvalue weighted by Gasteiger charge is -2.40. The van der Waals surface area contributed by atoms with E-state index >= 15 is 0 Å². The first kappa shape index (κ1) is 21.7. The summed E-state index contributed by atoms with van der Waals surface area (Å²) in [6.45, 7) is 2.49. The molecule has 2 fully saturated rings. The number of halogens is 4. The molecule has 2 aromatic rings. The van der Waals surface area contributed by atoms with Crippen molar-refractivity contribution >= 4 is 17.3 Å². The summed E-state index contributed by atoms with van der Waals surface area (Å²) in [5.41, 5.74) is 1.41. The fraction of sp³-hybridized carbons (Fsp3) is 0.381. The number of ether oxygens (including phenoxy) is 1. The van der Waals surface area contributed by atoms with Gasteiger partial charge in [0.2, 0.25) is 10.9 Å². The third-order valence-corrected chi connectivity index (χ3v) is 5.87. The van der Waals surface area contributed by atoms with Gasteiger partial charge in [-0.1, -0.05) is 0 Å². The molecule has 2 atom stereocenters. The smallest absolute Gasteiger partial charge is 0.406 e. The molecule has 0 saturated carbocycles. The Morgan fingerprint density at radius 3 is 2.10 bits per heavy atom. The molecular weight excluding hydrogens is 435 g/mol. The number of rotatable bonds is 4. The van der Waals surface area contributed by atoms with Crippen molar-refractivity contribution in [2.45, 2.75) is 25.1 Å². The molecule has 0 bridgehead atoms. The van der Waals surface area contributed by atoms with Crippen molar-refractivity contribution in [3.05, 3.63) is 53.6 Å². The van der Waals surface area contributed by atoms with Crippen molar-refractivity contribution in [3.8, 4) is 5.75 Å². The standard InChI is InChI=1S/C21H22ClF3N3O3/c22-14-1-3-16(4-2-14)28-19(29)13-18(20(28)30)27-11-9-26(10-12-27)15-5-7-17(8-6-15)31-21(23,24)25/h1-8,18,20,22,30H,9-13H2/q+1. The monoisotopic (exact) mass is 456 g/mol. The van der Waals surface area contributed by atoms with E-state index in [1.807, 2.05) is 0 Å². The maximum atomic E-state index is 12.6. The molecule has 1 N–H and O–H groups in total. The number of benzene rings is 2. The predicted molar refractivity (Wildman–Crippen MR) is 106 cm³/mol. The van der Waals surface area contributed by atoms with Gasteiger partial charge in [0.25, 0.3) is 0 Å². The molecule has 2 aromatic carbocycles. The highest BCUT2D eigenvalue weighted by Crippen LogP contribution is 2.31. The molecule has 0 aliphatic carbocycles. The van der Waals surface area contributed by atoms with Crippen LogP contribution in [-0.4, -0.2) is 60.7 Å². The van der Waals surface area contributed by atoms with Crippen molar-refractivity contribution in [1.82, 2.24) is 4.90 Å². The first-order valence-corrected chi connectivity index (χ1v) is 10.2. The van der Waals surface area contributed by atoms with Gasteiger partial charge in [-0.3, -0.25) is 14.6 Å². The molecule has 31 heavy (non-hydrogen) atoms. The largest absolute Gasteiger partial charge is 0.573 e. The van der Waals surface area contributed by atoms with E-state index in [9.17, 15) is 23.1 Å². The summed E-state index contributed by atoms with van der Waals surface area (Å²) >= 11 is 5.08. The van der Waals surface area contributed by atoms with Gasteiger partial charge in [0.15, 0.2) is 11.6 Å². The number of hydrogen-bond donors (Lipinski definition) is 1. The van der Waals surface area contributed by atoms with E-state index in [1.165, 1.54) is 17.0 Å². The van der Waals surface area contributed by atoms with Gasteiger partial charge in [-0.15, -0.1) is 13.2 Å². The molecule has 0 aromatic heterocycles. The van der Waals surface area contributed by atoms with Crippen molar-refractivity contribution in [1.29, 1.82) is 0 Å². The van der Waals surface area contributed by atoms with E-state index in [-0.39, 0.29) is 24.1 Å². The number of piperazine rings is 1. The van der Waals surface area contributed by atoms with Gasteiger partial charge in [-0.2, -0.15) is 0 Å². The lowest BCUT2D eigenvalue weighted by Crippen LogP contribution is -2.54. The van der Waals surface area contributed by atoms with Gasteiger partial charge in [0.1, 0.15) is 12.0 Å². The average molecular weight is 457 g/mol. The highest BCUT2D eigenvalue weighted by molar-refractivity contribution is 5.96. The molecule has 10 heteroatoms. The lowest BCUT2D eigenvalue weighted by molar-refractivity contribution is -0.288. The van der Waals surface area contributed by atoms with Crippen LogP contribution in [0, 0.1) is 11.6 Å². The maximum Gasteiger partial charge on any atom is 0.573 e. The summed E-state index contributed by atoms with van der Waals surface area (Å²) in [7, 11) is 0. The number of carbonyl (C=O) groups is 1. The number of aliphatic hydroxyl groups is 1. The van der Waals surface area contributed by atoms with Gasteiger partial charge >= 0.3 is 6.36 Å². The molecule has 2 unspecified atom stereocenters. The third kappa shape index (κ3) is 4.89. The third-order valence-electron chi connectivity index (χ3n) is 5.59. The van der Waals surface area contributed by atoms with Crippen LogP contribution in [0.2, 0.25) is 5.02 Å². The molecular formula is C21H22ClF3N3O3+. The van der Waals surface area contributed by atoms with Gasteiger partial charge < -0.3 is 14.7 Å². The van der Waals surface area contributed by atoms with E-state index in [0.717, 1.165) is 5.69 Å². The number of aliphatic hydroxyl groups excluding tert-OH is 1. The normalized spacial score (nSPS) is 22.8. The van der Waals surface area contributed by atoms with Crippen LogP contribution < -0.4 is 14.5 Å². The summed E-state index contributed by atoms with van der Waals surface area (Å²) in [5, 5.41) is 11.5. The molecule has 166 valence electrons. The van der Waals surface area contributed by atoms with Gasteiger partial charge in [0.05, 0.1) is 6.04 Å². The Bertz CT molecular complexity index is 916. The van der Waals surface area contributed by atoms with Crippen LogP contribution in [0.4, 0.5) is 24.5 Å². The zero-order valence-corrected chi connectivity index (χ0v) is 17.3. The van der Waals surface area contributed by atoms with E-state index in [1.54, 1.807) is 36.4 Å². The van der Waals surface area contributed by atoms with Crippen molar-refractivity contribution in [2.24, 2.45) is 0 Å². The number of carbonyl (C=O) groups excluding carboxylic acids is 1. The van der Waals surface area contributed by atoms with Crippen molar-refractivity contribution < 1.29 is 39.4 Å². The second kappa shape index (κ2) is 8.57. The quantitative estimate of drug-likeness (QED) is 0.766. The van der Waals surface area contributed by atoms with Crippen LogP contribution in [0.5, 0.6) is 5.75 Å². The fourth-order valence-corrected chi connectivity index (χ4v) is 4.23. The highest BCUT2D eigenvalue weighted by Gasteiger charge is 2.43. The second-order valence-electron chi connectivity index (χ2n) is 7.51. The van der Waals surface area contributed by atoms with E-state index in [0.29, 0.717) is 36.9 Å². The summed E-state index contributed by atoms with van der Waals surface area (Å²) in [6, 6.07) is 12.4. The minimum absolute atomic E-state index is 0.141. The van der Waals surface area contributed by atoms with Crippen LogP contribution in [0.15, 0.2) is 48.5 Å². The number of alkyl halides is 3. The summed E-state index contributed by atoms with van der Waals surface area (Å²) < 4.78 is 40.8. The molecule has 2 heterocycles. The molecule has 2 aliphatic heterocycles. The Morgan fingerprint density at radius 1 is 0.935 bits per heavy atom. The van der Waals surface area contributed by atoms with Gasteiger partial charge in [0, 0.05) is 56.1 Å². The van der Waals surface area contributed by atoms with E-state index < -0.39 is 12.6 Å². The zero-order chi connectivity index (χ0) is 22.2. The van der Waals surface area contributed by atoms with Crippen molar-refractivity contribution in [3.63, 3.8) is 0 Å². The zero-order valence-electron chi connectivity index (χ0n) is 16.5. The summed E-state index contributed by atoms with van der Waals surface area (Å²) in [6.07, 6.45) is -5.44. The fourth-order valence-electron chi connectivity index (χ4n) is 4.09. The molecule has 4 rings (SSSR count). The summed E-state index contributed by atoms with van der Waals surface area (Å²) in [5.74, 6) is -0.399. The Morgan fingerprint density at radius 2 is 1.52 bits per heavy atom. The van der Waals surface area contributed by atoms with Crippen molar-refractivity contribution in [2.75, 3.05) is 36.0 Å². The first-order chi connectivity index (χ1) is 14.7. The molecule has 0 radical (unpaired) electrons. The molecule has 2 aliphatic rings. The number of amides is 1. The molecule has 2 saturated heterocycles. The van der Waals surface area contributed by atoms with E-state index in [4.69, 9.17) is 11.6 Å². The topological polar surface area (TPSA) is 56.3 Å². The Hall–Kier alpha value is -2.49. The number of nitrogens with zero attached hydrogens (tertiary/aromatic N) is 3. The van der Waals surface area contributed by atoms with Crippen LogP contribution in [0.3, 0.4) is 0 Å². The molecule has 6 nitrogen and oxygen atoms in total. The van der Waals surface area contributed by atoms with Gasteiger partial charge in [-0.25, -0.2) is 0 Å². The number of hydrogen-bond acceptors (Lipinski definition) is 5.